The molecular weight excluding hydrogens is 411 g/mol. The Kier molecular flexibility index (Phi) is 5.95. The Morgan fingerprint density at radius 1 is 1.07 bits per heavy atom. The van der Waals surface area contributed by atoms with Crippen LogP contribution >= 0.6 is 34.8 Å². The van der Waals surface area contributed by atoms with Gasteiger partial charge in [-0.25, -0.2) is 0 Å². The summed E-state index contributed by atoms with van der Waals surface area (Å²) in [6.07, 6.45) is 1.33. The zero-order valence-corrected chi connectivity index (χ0v) is 16.3. The van der Waals surface area contributed by atoms with E-state index >= 15 is 0 Å². The zero-order chi connectivity index (χ0) is 19.6. The van der Waals surface area contributed by atoms with Gasteiger partial charge in [-0.15, -0.1) is 0 Å². The third-order valence-electron chi connectivity index (χ3n) is 4.09. The van der Waals surface area contributed by atoms with Crippen molar-refractivity contribution in [3.63, 3.8) is 0 Å². The standard InChI is InChI=1S/C19H15Cl3N2O3/c20-11-4-6-15-12(9-11)16(17(25)19(27)24-15)18(26)23-7-1-2-10-3-5-13(21)14(22)8-10/h3-6,8-9,25H,1-2,7H2,(H,23,26)(H,24,27). The Hall–Kier alpha value is -2.21. The minimum absolute atomic E-state index is 0.0919. The third kappa shape index (κ3) is 4.38. The Bertz CT molecular complexity index is 1080. The van der Waals surface area contributed by atoms with E-state index in [2.05, 4.69) is 10.3 Å². The van der Waals surface area contributed by atoms with Crippen LogP contribution in [0, 0.1) is 0 Å². The largest absolute Gasteiger partial charge is 0.502 e. The monoisotopic (exact) mass is 424 g/mol. The predicted octanol–water partition coefficient (Wildman–Crippen LogP) is 4.56. The van der Waals surface area contributed by atoms with E-state index in [1.54, 1.807) is 24.3 Å². The van der Waals surface area contributed by atoms with Gasteiger partial charge < -0.3 is 15.4 Å². The van der Waals surface area contributed by atoms with Crippen molar-refractivity contribution in [3.8, 4) is 5.75 Å². The number of aromatic amines is 1. The molecule has 0 spiro atoms. The van der Waals surface area contributed by atoms with Gasteiger partial charge in [0.1, 0.15) is 0 Å². The summed E-state index contributed by atoms with van der Waals surface area (Å²) in [4.78, 5) is 26.9. The van der Waals surface area contributed by atoms with Crippen molar-refractivity contribution in [3.05, 3.63) is 72.9 Å². The third-order valence-corrected chi connectivity index (χ3v) is 5.06. The summed E-state index contributed by atoms with van der Waals surface area (Å²) in [6, 6.07) is 10.1. The lowest BCUT2D eigenvalue weighted by molar-refractivity contribution is 0.0952. The van der Waals surface area contributed by atoms with Crippen LogP contribution in [0.4, 0.5) is 0 Å². The average Bonchev–Trinajstić information content (AvgIpc) is 2.63. The smallest absolute Gasteiger partial charge is 0.291 e. The number of nitrogens with one attached hydrogen (secondary N) is 2. The number of aromatic nitrogens is 1. The van der Waals surface area contributed by atoms with Crippen LogP contribution in [0.2, 0.25) is 15.1 Å². The first-order chi connectivity index (χ1) is 12.9. The molecule has 0 bridgehead atoms. The zero-order valence-electron chi connectivity index (χ0n) is 14.0. The molecule has 0 unspecified atom stereocenters. The number of pyridine rings is 1. The normalized spacial score (nSPS) is 10.9. The van der Waals surface area contributed by atoms with E-state index < -0.39 is 17.2 Å². The van der Waals surface area contributed by atoms with Crippen LogP contribution in [-0.2, 0) is 6.42 Å². The molecule has 3 N–H and O–H groups in total. The van der Waals surface area contributed by atoms with Crippen molar-refractivity contribution < 1.29 is 9.90 Å². The molecule has 5 nitrogen and oxygen atoms in total. The molecule has 8 heteroatoms. The van der Waals surface area contributed by atoms with Crippen molar-refractivity contribution in [2.24, 2.45) is 0 Å². The number of aryl methyl sites for hydroxylation is 1. The molecule has 0 fully saturated rings. The second-order valence-corrected chi connectivity index (χ2v) is 7.23. The summed E-state index contributed by atoms with van der Waals surface area (Å²) in [6.45, 7) is 0.355. The maximum atomic E-state index is 12.5. The van der Waals surface area contributed by atoms with E-state index in [1.165, 1.54) is 6.07 Å². The van der Waals surface area contributed by atoms with E-state index in [0.29, 0.717) is 45.4 Å². The Morgan fingerprint density at radius 3 is 2.59 bits per heavy atom. The molecule has 0 aliphatic rings. The minimum Gasteiger partial charge on any atom is -0.502 e. The van der Waals surface area contributed by atoms with E-state index in [-0.39, 0.29) is 5.56 Å². The molecule has 0 radical (unpaired) electrons. The highest BCUT2D eigenvalue weighted by Crippen LogP contribution is 2.25. The van der Waals surface area contributed by atoms with Crippen molar-refractivity contribution >= 4 is 51.6 Å². The maximum Gasteiger partial charge on any atom is 0.291 e. The molecule has 0 saturated heterocycles. The highest BCUT2D eigenvalue weighted by Gasteiger charge is 2.18. The highest BCUT2D eigenvalue weighted by atomic mass is 35.5. The number of carbonyl (C=O) groups excluding carboxylic acids is 1. The molecule has 0 saturated carbocycles. The summed E-state index contributed by atoms with van der Waals surface area (Å²) in [5, 5.41) is 14.5. The van der Waals surface area contributed by atoms with E-state index in [1.807, 2.05) is 6.07 Å². The van der Waals surface area contributed by atoms with Crippen LogP contribution in [-0.4, -0.2) is 22.5 Å². The highest BCUT2D eigenvalue weighted by molar-refractivity contribution is 6.42. The molecule has 0 aliphatic heterocycles. The number of hydrogen-bond acceptors (Lipinski definition) is 3. The summed E-state index contributed by atoms with van der Waals surface area (Å²) < 4.78 is 0. The van der Waals surface area contributed by atoms with Crippen molar-refractivity contribution in [2.45, 2.75) is 12.8 Å². The van der Waals surface area contributed by atoms with E-state index in [0.717, 1.165) is 5.56 Å². The Morgan fingerprint density at radius 2 is 1.85 bits per heavy atom. The van der Waals surface area contributed by atoms with Gasteiger partial charge in [-0.05, 0) is 48.7 Å². The lowest BCUT2D eigenvalue weighted by Gasteiger charge is -2.10. The van der Waals surface area contributed by atoms with Gasteiger partial charge in [-0.3, -0.25) is 9.59 Å². The van der Waals surface area contributed by atoms with Gasteiger partial charge in [-0.1, -0.05) is 40.9 Å². The van der Waals surface area contributed by atoms with E-state index in [9.17, 15) is 14.7 Å². The lowest BCUT2D eigenvalue weighted by atomic mass is 10.1. The molecule has 1 aromatic heterocycles. The fourth-order valence-electron chi connectivity index (χ4n) is 2.76. The second kappa shape index (κ2) is 8.21. The molecule has 0 aliphatic carbocycles. The van der Waals surface area contributed by atoms with Gasteiger partial charge in [0.05, 0.1) is 15.6 Å². The molecule has 27 heavy (non-hydrogen) atoms. The van der Waals surface area contributed by atoms with Crippen LogP contribution in [0.5, 0.6) is 5.75 Å². The molecule has 140 valence electrons. The summed E-state index contributed by atoms with van der Waals surface area (Å²) in [5.41, 5.74) is 0.592. The van der Waals surface area contributed by atoms with Gasteiger partial charge in [0, 0.05) is 22.5 Å². The van der Waals surface area contributed by atoms with Crippen LogP contribution in [0.1, 0.15) is 22.3 Å². The molecule has 1 heterocycles. The second-order valence-electron chi connectivity index (χ2n) is 5.98. The van der Waals surface area contributed by atoms with Gasteiger partial charge in [-0.2, -0.15) is 0 Å². The summed E-state index contributed by atoms with van der Waals surface area (Å²) in [7, 11) is 0. The van der Waals surface area contributed by atoms with Crippen LogP contribution < -0.4 is 10.9 Å². The lowest BCUT2D eigenvalue weighted by Crippen LogP contribution is -2.26. The van der Waals surface area contributed by atoms with Gasteiger partial charge >= 0.3 is 0 Å². The van der Waals surface area contributed by atoms with Gasteiger partial charge in [0.15, 0.2) is 5.75 Å². The topological polar surface area (TPSA) is 82.2 Å². The fourth-order valence-corrected chi connectivity index (χ4v) is 3.26. The first-order valence-corrected chi connectivity index (χ1v) is 9.27. The number of carbonyl (C=O) groups is 1. The molecule has 1 amide bonds. The average molecular weight is 426 g/mol. The quantitative estimate of drug-likeness (QED) is 0.524. The molecule has 3 aromatic rings. The van der Waals surface area contributed by atoms with Gasteiger partial charge in [0.2, 0.25) is 0 Å². The van der Waals surface area contributed by atoms with Crippen molar-refractivity contribution in [1.29, 1.82) is 0 Å². The Labute approximate surface area is 169 Å². The maximum absolute atomic E-state index is 12.5. The SMILES string of the molecule is O=C(NCCCc1ccc(Cl)c(Cl)c1)c1c(O)c(=O)[nH]c2ccc(Cl)cc12. The number of amides is 1. The van der Waals surface area contributed by atoms with Crippen LogP contribution in [0.15, 0.2) is 41.2 Å². The molecular formula is C19H15Cl3N2O3. The molecule has 2 aromatic carbocycles. The van der Waals surface area contributed by atoms with Crippen LogP contribution in [0.25, 0.3) is 10.9 Å². The first-order valence-electron chi connectivity index (χ1n) is 8.13. The minimum atomic E-state index is -0.731. The predicted molar refractivity (Wildman–Crippen MR) is 108 cm³/mol. The first kappa shape index (κ1) is 19.5. The summed E-state index contributed by atoms with van der Waals surface area (Å²) in [5.74, 6) is -1.17. The number of benzene rings is 2. The van der Waals surface area contributed by atoms with Crippen LogP contribution in [0.3, 0.4) is 0 Å². The van der Waals surface area contributed by atoms with Crippen molar-refractivity contribution in [2.75, 3.05) is 6.54 Å². The molecule has 0 atom stereocenters. The number of H-pyrrole nitrogens is 1. The summed E-state index contributed by atoms with van der Waals surface area (Å²) >= 11 is 17.9. The number of fused-ring (bicyclic) bond motifs is 1. The van der Waals surface area contributed by atoms with E-state index in [4.69, 9.17) is 34.8 Å². The number of aromatic hydroxyl groups is 1. The number of rotatable bonds is 5. The number of halogens is 3. The molecule has 3 rings (SSSR count). The fraction of sp³-hybridized carbons (Fsp3) is 0.158. The number of hydrogen-bond donors (Lipinski definition) is 3. The Balaban J connectivity index is 1.72. The van der Waals surface area contributed by atoms with Crippen molar-refractivity contribution in [1.82, 2.24) is 10.3 Å². The van der Waals surface area contributed by atoms with Gasteiger partial charge in [0.25, 0.3) is 11.5 Å².